The second-order valence-electron chi connectivity index (χ2n) is 5.65. The Bertz CT molecular complexity index is 320. The molecular weight excluding hydrogens is 230 g/mol. The van der Waals surface area contributed by atoms with E-state index in [1.54, 1.807) is 0 Å². The first-order valence-corrected chi connectivity index (χ1v) is 6.86. The maximum absolute atomic E-state index is 11.7. The lowest BCUT2D eigenvalue weighted by Gasteiger charge is -2.32. The molecule has 1 aliphatic heterocycles. The highest BCUT2D eigenvalue weighted by molar-refractivity contribution is 6.35. The molecule has 1 heterocycles. The third-order valence-corrected chi connectivity index (χ3v) is 3.95. The molecule has 102 valence electrons. The van der Waals surface area contributed by atoms with Gasteiger partial charge >= 0.3 is 11.8 Å². The van der Waals surface area contributed by atoms with Crippen LogP contribution in [0.25, 0.3) is 0 Å². The van der Waals surface area contributed by atoms with E-state index >= 15 is 0 Å². The number of piperidine rings is 1. The molecule has 0 spiro atoms. The summed E-state index contributed by atoms with van der Waals surface area (Å²) in [5, 5.41) is 5.54. The van der Waals surface area contributed by atoms with Gasteiger partial charge in [-0.1, -0.05) is 0 Å². The van der Waals surface area contributed by atoms with Gasteiger partial charge in [-0.3, -0.25) is 9.59 Å². The second kappa shape index (κ2) is 5.69. The summed E-state index contributed by atoms with van der Waals surface area (Å²) in [7, 11) is 2.11. The Balaban J connectivity index is 1.73. The van der Waals surface area contributed by atoms with Crippen molar-refractivity contribution < 1.29 is 9.59 Å². The molecule has 1 unspecified atom stereocenters. The number of hydrogen-bond donors (Lipinski definition) is 2. The number of nitrogens with zero attached hydrogens (tertiary/aromatic N) is 1. The molecule has 1 saturated carbocycles. The number of carbonyl (C=O) groups excluding carboxylic acids is 2. The third-order valence-electron chi connectivity index (χ3n) is 3.95. The van der Waals surface area contributed by atoms with Gasteiger partial charge in [0.1, 0.15) is 0 Å². The number of likely N-dealkylation sites (tertiary alicyclic amines) is 1. The van der Waals surface area contributed by atoms with Crippen LogP contribution in [0.2, 0.25) is 0 Å². The fraction of sp³-hybridized carbons (Fsp3) is 0.846. The largest absolute Gasteiger partial charge is 0.345 e. The third kappa shape index (κ3) is 3.70. The highest BCUT2D eigenvalue weighted by Gasteiger charge is 2.29. The normalized spacial score (nSPS) is 23.4. The smallest absolute Gasteiger partial charge is 0.309 e. The Morgan fingerprint density at radius 2 is 1.72 bits per heavy atom. The maximum Gasteiger partial charge on any atom is 0.309 e. The van der Waals surface area contributed by atoms with E-state index in [0.717, 1.165) is 38.8 Å². The lowest BCUT2D eigenvalue weighted by atomic mass is 9.90. The van der Waals surface area contributed by atoms with Gasteiger partial charge in [-0.2, -0.15) is 0 Å². The van der Waals surface area contributed by atoms with E-state index < -0.39 is 11.8 Å². The van der Waals surface area contributed by atoms with E-state index in [1.807, 2.05) is 6.92 Å². The Kier molecular flexibility index (Phi) is 4.22. The van der Waals surface area contributed by atoms with E-state index in [-0.39, 0.29) is 12.1 Å². The van der Waals surface area contributed by atoms with Crippen molar-refractivity contribution in [3.63, 3.8) is 0 Å². The average molecular weight is 253 g/mol. The Morgan fingerprint density at radius 1 is 1.11 bits per heavy atom. The van der Waals surface area contributed by atoms with Crippen LogP contribution in [0.4, 0.5) is 0 Å². The molecule has 2 rings (SSSR count). The molecule has 1 atom stereocenters. The van der Waals surface area contributed by atoms with Crippen molar-refractivity contribution in [2.75, 3.05) is 20.1 Å². The van der Waals surface area contributed by atoms with Crippen LogP contribution in [-0.4, -0.2) is 48.9 Å². The Labute approximate surface area is 108 Å². The molecule has 2 aliphatic rings. The summed E-state index contributed by atoms with van der Waals surface area (Å²) in [6, 6.07) is 0.318. The van der Waals surface area contributed by atoms with Crippen molar-refractivity contribution >= 4 is 11.8 Å². The van der Waals surface area contributed by atoms with Gasteiger partial charge in [0.2, 0.25) is 0 Å². The predicted molar refractivity (Wildman–Crippen MR) is 69.0 cm³/mol. The SMILES string of the molecule is CC(NC(=O)C(=O)NC1CC1)C1CCN(C)CC1. The molecule has 5 nitrogen and oxygen atoms in total. The topological polar surface area (TPSA) is 61.4 Å². The molecule has 0 radical (unpaired) electrons. The molecule has 2 fully saturated rings. The van der Waals surface area contributed by atoms with Gasteiger partial charge in [-0.25, -0.2) is 0 Å². The van der Waals surface area contributed by atoms with Crippen molar-refractivity contribution in [3.05, 3.63) is 0 Å². The summed E-state index contributed by atoms with van der Waals surface area (Å²) in [4.78, 5) is 25.5. The van der Waals surface area contributed by atoms with Crippen molar-refractivity contribution in [1.29, 1.82) is 0 Å². The summed E-state index contributed by atoms with van der Waals surface area (Å²) in [5.74, 6) is -0.468. The number of carbonyl (C=O) groups is 2. The first-order valence-electron chi connectivity index (χ1n) is 6.86. The zero-order valence-corrected chi connectivity index (χ0v) is 11.2. The molecule has 2 amide bonds. The molecule has 18 heavy (non-hydrogen) atoms. The first kappa shape index (κ1) is 13.3. The van der Waals surface area contributed by atoms with Gasteiger partial charge in [-0.15, -0.1) is 0 Å². The molecule has 0 bridgehead atoms. The molecule has 5 heteroatoms. The van der Waals surface area contributed by atoms with Crippen molar-refractivity contribution in [2.24, 2.45) is 5.92 Å². The molecular formula is C13H23N3O2. The second-order valence-corrected chi connectivity index (χ2v) is 5.65. The summed E-state index contributed by atoms with van der Waals surface area (Å²) in [5.41, 5.74) is 0. The van der Waals surface area contributed by atoms with Gasteiger partial charge in [0.25, 0.3) is 0 Å². The van der Waals surface area contributed by atoms with Crippen molar-refractivity contribution in [3.8, 4) is 0 Å². The van der Waals surface area contributed by atoms with Gasteiger partial charge in [-0.05, 0) is 58.7 Å². The van der Waals surface area contributed by atoms with Gasteiger partial charge in [0, 0.05) is 12.1 Å². The summed E-state index contributed by atoms with van der Waals surface area (Å²) in [6.45, 7) is 4.14. The van der Waals surface area contributed by atoms with Crippen LogP contribution in [0.15, 0.2) is 0 Å². The van der Waals surface area contributed by atoms with Crippen molar-refractivity contribution in [2.45, 2.75) is 44.7 Å². The van der Waals surface area contributed by atoms with Crippen LogP contribution >= 0.6 is 0 Å². The van der Waals surface area contributed by atoms with Crippen LogP contribution in [0.5, 0.6) is 0 Å². The number of rotatable bonds is 3. The standard InChI is InChI=1S/C13H23N3O2/c1-9(10-5-7-16(2)8-6-10)14-12(17)13(18)15-11-3-4-11/h9-11H,3-8H2,1-2H3,(H,14,17)(H,15,18). The van der Waals surface area contributed by atoms with E-state index in [1.165, 1.54) is 0 Å². The minimum Gasteiger partial charge on any atom is -0.345 e. The van der Waals surface area contributed by atoms with Crippen LogP contribution in [0.3, 0.4) is 0 Å². The average Bonchev–Trinajstić information content (AvgIpc) is 3.13. The summed E-state index contributed by atoms with van der Waals surface area (Å²) >= 11 is 0. The zero-order valence-electron chi connectivity index (χ0n) is 11.2. The van der Waals surface area contributed by atoms with Crippen LogP contribution in [0, 0.1) is 5.92 Å². The van der Waals surface area contributed by atoms with Gasteiger partial charge < -0.3 is 15.5 Å². The summed E-state index contributed by atoms with van der Waals surface area (Å²) < 4.78 is 0. The lowest BCUT2D eigenvalue weighted by Crippen LogP contribution is -2.48. The van der Waals surface area contributed by atoms with Gasteiger partial charge in [0.05, 0.1) is 0 Å². The minimum atomic E-state index is -0.478. The number of nitrogens with one attached hydrogen (secondary N) is 2. The first-order chi connectivity index (χ1) is 8.56. The van der Waals surface area contributed by atoms with E-state index in [2.05, 4.69) is 22.6 Å². The molecule has 0 aromatic carbocycles. The van der Waals surface area contributed by atoms with E-state index in [4.69, 9.17) is 0 Å². The molecule has 1 aliphatic carbocycles. The maximum atomic E-state index is 11.7. The quantitative estimate of drug-likeness (QED) is 0.702. The monoisotopic (exact) mass is 253 g/mol. The minimum absolute atomic E-state index is 0.0798. The summed E-state index contributed by atoms with van der Waals surface area (Å²) in [6.07, 6.45) is 4.18. The fourth-order valence-corrected chi connectivity index (χ4v) is 2.40. The Hall–Kier alpha value is -1.10. The number of hydrogen-bond acceptors (Lipinski definition) is 3. The molecule has 1 saturated heterocycles. The lowest BCUT2D eigenvalue weighted by molar-refractivity contribution is -0.139. The number of amides is 2. The van der Waals surface area contributed by atoms with Crippen molar-refractivity contribution in [1.82, 2.24) is 15.5 Å². The Morgan fingerprint density at radius 3 is 2.28 bits per heavy atom. The molecule has 0 aromatic heterocycles. The predicted octanol–water partition coefficient (Wildman–Crippen LogP) is 0.112. The highest BCUT2D eigenvalue weighted by atomic mass is 16.2. The zero-order chi connectivity index (χ0) is 13.1. The van der Waals surface area contributed by atoms with E-state index in [9.17, 15) is 9.59 Å². The van der Waals surface area contributed by atoms with Crippen LogP contribution in [-0.2, 0) is 9.59 Å². The van der Waals surface area contributed by atoms with Crippen LogP contribution < -0.4 is 10.6 Å². The highest BCUT2D eigenvalue weighted by Crippen LogP contribution is 2.20. The van der Waals surface area contributed by atoms with E-state index in [0.29, 0.717) is 5.92 Å². The van der Waals surface area contributed by atoms with Crippen LogP contribution in [0.1, 0.15) is 32.6 Å². The molecule has 0 aromatic rings. The fourth-order valence-electron chi connectivity index (χ4n) is 2.40. The van der Waals surface area contributed by atoms with Gasteiger partial charge in [0.15, 0.2) is 0 Å². The molecule has 2 N–H and O–H groups in total.